The lowest BCUT2D eigenvalue weighted by Gasteiger charge is -2.37. The van der Waals surface area contributed by atoms with Crippen LogP contribution in [-0.4, -0.2) is 48.0 Å². The Bertz CT molecular complexity index is 461. The number of urea groups is 1. The van der Waals surface area contributed by atoms with Crippen molar-refractivity contribution in [3.05, 3.63) is 11.1 Å². The molecule has 0 aromatic carbocycles. The van der Waals surface area contributed by atoms with E-state index in [2.05, 4.69) is 10.3 Å². The number of thiazole rings is 1. The summed E-state index contributed by atoms with van der Waals surface area (Å²) < 4.78 is 11.3. The molecule has 2 saturated heterocycles. The number of anilines is 1. The minimum absolute atomic E-state index is 0.0952. The summed E-state index contributed by atoms with van der Waals surface area (Å²) in [6, 6.07) is -0.0952. The minimum Gasteiger partial charge on any atom is -0.347 e. The minimum atomic E-state index is -0.436. The van der Waals surface area contributed by atoms with E-state index in [9.17, 15) is 4.79 Å². The van der Waals surface area contributed by atoms with Gasteiger partial charge in [0.15, 0.2) is 10.9 Å². The topological polar surface area (TPSA) is 63.7 Å². The number of carbonyl (C=O) groups excluding carboxylic acids is 1. The zero-order valence-corrected chi connectivity index (χ0v) is 11.7. The number of nitrogens with one attached hydrogen (secondary N) is 1. The third-order valence-corrected chi connectivity index (χ3v) is 4.33. The molecular weight excluding hydrogens is 266 g/mol. The molecule has 2 aliphatic heterocycles. The second-order valence-electron chi connectivity index (χ2n) is 4.82. The first-order chi connectivity index (χ1) is 9.17. The molecule has 2 aliphatic rings. The lowest BCUT2D eigenvalue weighted by molar-refractivity contribution is -0.181. The van der Waals surface area contributed by atoms with Crippen molar-refractivity contribution in [1.82, 2.24) is 9.88 Å². The Morgan fingerprint density at radius 3 is 2.68 bits per heavy atom. The van der Waals surface area contributed by atoms with Crippen LogP contribution in [0.2, 0.25) is 0 Å². The van der Waals surface area contributed by atoms with Crippen molar-refractivity contribution in [3.8, 4) is 0 Å². The Morgan fingerprint density at radius 1 is 1.42 bits per heavy atom. The van der Waals surface area contributed by atoms with Gasteiger partial charge in [-0.05, 0) is 6.92 Å². The van der Waals surface area contributed by atoms with Crippen LogP contribution in [0.4, 0.5) is 9.93 Å². The van der Waals surface area contributed by atoms with Crippen molar-refractivity contribution in [2.45, 2.75) is 25.6 Å². The Balaban J connectivity index is 1.54. The van der Waals surface area contributed by atoms with E-state index in [0.717, 1.165) is 18.5 Å². The maximum atomic E-state index is 12.1. The fraction of sp³-hybridized carbons (Fsp3) is 0.667. The first kappa shape index (κ1) is 12.8. The van der Waals surface area contributed by atoms with Gasteiger partial charge in [0.1, 0.15) is 0 Å². The number of aromatic nitrogens is 1. The highest BCUT2D eigenvalue weighted by Gasteiger charge is 2.40. The molecule has 1 spiro atoms. The van der Waals surface area contributed by atoms with Gasteiger partial charge < -0.3 is 14.4 Å². The predicted octanol–water partition coefficient (Wildman–Crippen LogP) is 1.82. The first-order valence-corrected chi connectivity index (χ1v) is 7.31. The Kier molecular flexibility index (Phi) is 3.42. The van der Waals surface area contributed by atoms with E-state index in [4.69, 9.17) is 9.47 Å². The van der Waals surface area contributed by atoms with E-state index in [1.54, 1.807) is 4.90 Å². The fourth-order valence-electron chi connectivity index (χ4n) is 2.42. The summed E-state index contributed by atoms with van der Waals surface area (Å²) in [5.74, 6) is -0.436. The number of piperidine rings is 1. The third kappa shape index (κ3) is 2.72. The van der Waals surface area contributed by atoms with Gasteiger partial charge in [-0.15, -0.1) is 11.3 Å². The molecule has 6 nitrogen and oxygen atoms in total. The molecule has 0 aliphatic carbocycles. The highest BCUT2D eigenvalue weighted by atomic mass is 32.1. The molecule has 1 aromatic rings. The number of carbonyl (C=O) groups is 1. The molecule has 0 unspecified atom stereocenters. The second kappa shape index (κ2) is 5.07. The number of ether oxygens (including phenoxy) is 2. The van der Waals surface area contributed by atoms with Crippen LogP contribution in [0.15, 0.2) is 5.38 Å². The van der Waals surface area contributed by atoms with Gasteiger partial charge in [0.25, 0.3) is 0 Å². The van der Waals surface area contributed by atoms with Gasteiger partial charge >= 0.3 is 6.03 Å². The highest BCUT2D eigenvalue weighted by molar-refractivity contribution is 7.13. The van der Waals surface area contributed by atoms with Gasteiger partial charge in [0.2, 0.25) is 0 Å². The Morgan fingerprint density at radius 2 is 2.11 bits per heavy atom. The van der Waals surface area contributed by atoms with Crippen LogP contribution in [0.25, 0.3) is 0 Å². The number of rotatable bonds is 1. The molecule has 0 saturated carbocycles. The Labute approximate surface area is 115 Å². The standard InChI is InChI=1S/C12H17N3O3S/c1-9-8-19-10(13-9)14-11(16)15-4-2-12(3-5-15)17-6-7-18-12/h8H,2-7H2,1H3,(H,13,14,16). The molecule has 19 heavy (non-hydrogen) atoms. The summed E-state index contributed by atoms with van der Waals surface area (Å²) in [7, 11) is 0. The lowest BCUT2D eigenvalue weighted by atomic mass is 10.0. The van der Waals surface area contributed by atoms with Crippen LogP contribution < -0.4 is 5.32 Å². The van der Waals surface area contributed by atoms with Crippen molar-refractivity contribution < 1.29 is 14.3 Å². The van der Waals surface area contributed by atoms with Crippen LogP contribution in [0.3, 0.4) is 0 Å². The zero-order chi connectivity index (χ0) is 13.3. The summed E-state index contributed by atoms with van der Waals surface area (Å²) in [4.78, 5) is 18.1. The van der Waals surface area contributed by atoms with Crippen molar-refractivity contribution in [3.63, 3.8) is 0 Å². The first-order valence-electron chi connectivity index (χ1n) is 6.43. The third-order valence-electron chi connectivity index (χ3n) is 3.46. The van der Waals surface area contributed by atoms with Crippen molar-refractivity contribution in [2.24, 2.45) is 0 Å². The van der Waals surface area contributed by atoms with E-state index < -0.39 is 5.79 Å². The number of hydrogen-bond donors (Lipinski definition) is 1. The zero-order valence-electron chi connectivity index (χ0n) is 10.8. The number of aryl methyl sites for hydroxylation is 1. The number of hydrogen-bond acceptors (Lipinski definition) is 5. The smallest absolute Gasteiger partial charge is 0.323 e. The van der Waals surface area contributed by atoms with Crippen molar-refractivity contribution in [1.29, 1.82) is 0 Å². The van der Waals surface area contributed by atoms with Crippen LogP contribution in [0, 0.1) is 6.92 Å². The van der Waals surface area contributed by atoms with E-state index in [1.807, 2.05) is 12.3 Å². The Hall–Kier alpha value is -1.18. The van der Waals surface area contributed by atoms with Gasteiger partial charge in [-0.25, -0.2) is 9.78 Å². The molecule has 2 fully saturated rings. The average Bonchev–Trinajstić information content (AvgIpc) is 3.00. The van der Waals surface area contributed by atoms with Crippen LogP contribution >= 0.6 is 11.3 Å². The van der Waals surface area contributed by atoms with Gasteiger partial charge in [-0.3, -0.25) is 5.32 Å². The van der Waals surface area contributed by atoms with E-state index in [1.165, 1.54) is 11.3 Å². The van der Waals surface area contributed by atoms with Crippen molar-refractivity contribution in [2.75, 3.05) is 31.6 Å². The molecule has 1 aromatic heterocycles. The van der Waals surface area contributed by atoms with Crippen molar-refractivity contribution >= 4 is 22.5 Å². The molecule has 0 radical (unpaired) electrons. The molecule has 3 rings (SSSR count). The second-order valence-corrected chi connectivity index (χ2v) is 5.68. The number of nitrogens with zero attached hydrogens (tertiary/aromatic N) is 2. The van der Waals surface area contributed by atoms with Crippen LogP contribution in [-0.2, 0) is 9.47 Å². The quantitative estimate of drug-likeness (QED) is 0.854. The molecule has 2 amide bonds. The summed E-state index contributed by atoms with van der Waals surface area (Å²) in [5.41, 5.74) is 0.922. The number of likely N-dealkylation sites (tertiary alicyclic amines) is 1. The van der Waals surface area contributed by atoms with Gasteiger partial charge in [-0.1, -0.05) is 0 Å². The van der Waals surface area contributed by atoms with E-state index in [-0.39, 0.29) is 6.03 Å². The monoisotopic (exact) mass is 283 g/mol. The summed E-state index contributed by atoms with van der Waals surface area (Å²) in [5, 5.41) is 5.39. The highest BCUT2D eigenvalue weighted by Crippen LogP contribution is 2.31. The molecule has 104 valence electrons. The normalized spacial score (nSPS) is 21.8. The lowest BCUT2D eigenvalue weighted by Crippen LogP contribution is -2.48. The largest absolute Gasteiger partial charge is 0.347 e. The van der Waals surface area contributed by atoms with Crippen LogP contribution in [0.5, 0.6) is 0 Å². The number of amides is 2. The summed E-state index contributed by atoms with van der Waals surface area (Å²) in [6.07, 6.45) is 1.47. The van der Waals surface area contributed by atoms with E-state index >= 15 is 0 Å². The summed E-state index contributed by atoms with van der Waals surface area (Å²) >= 11 is 1.44. The predicted molar refractivity (Wildman–Crippen MR) is 71.3 cm³/mol. The average molecular weight is 283 g/mol. The molecular formula is C12H17N3O3S. The van der Waals surface area contributed by atoms with Crippen LogP contribution in [0.1, 0.15) is 18.5 Å². The van der Waals surface area contributed by atoms with Gasteiger partial charge in [0.05, 0.1) is 18.9 Å². The maximum absolute atomic E-state index is 12.1. The molecule has 3 heterocycles. The van der Waals surface area contributed by atoms with Gasteiger partial charge in [0, 0.05) is 31.3 Å². The molecule has 0 bridgehead atoms. The van der Waals surface area contributed by atoms with E-state index in [0.29, 0.717) is 31.4 Å². The molecule has 0 atom stereocenters. The molecule has 1 N–H and O–H groups in total. The SMILES string of the molecule is Cc1csc(NC(=O)N2CCC3(CC2)OCCO3)n1. The fourth-order valence-corrected chi connectivity index (χ4v) is 3.10. The maximum Gasteiger partial charge on any atom is 0.323 e. The summed E-state index contributed by atoms with van der Waals surface area (Å²) in [6.45, 7) is 4.52. The molecule has 7 heteroatoms. The van der Waals surface area contributed by atoms with Gasteiger partial charge in [-0.2, -0.15) is 0 Å².